The SMILES string of the molecule is CC(CNC(=O)C1CCSC1)C(N)=NO. The summed E-state index contributed by atoms with van der Waals surface area (Å²) in [6.07, 6.45) is 0.953. The average molecular weight is 231 g/mol. The van der Waals surface area contributed by atoms with Crippen LogP contribution in [0.25, 0.3) is 0 Å². The van der Waals surface area contributed by atoms with E-state index in [1.54, 1.807) is 18.7 Å². The Balaban J connectivity index is 2.27. The van der Waals surface area contributed by atoms with E-state index >= 15 is 0 Å². The molecule has 1 saturated heterocycles. The average Bonchev–Trinajstić information content (AvgIpc) is 2.77. The molecule has 0 aliphatic carbocycles. The van der Waals surface area contributed by atoms with Crippen molar-refractivity contribution in [2.24, 2.45) is 22.7 Å². The van der Waals surface area contributed by atoms with Gasteiger partial charge >= 0.3 is 0 Å². The smallest absolute Gasteiger partial charge is 0.223 e. The number of amidine groups is 1. The van der Waals surface area contributed by atoms with E-state index in [2.05, 4.69) is 10.5 Å². The van der Waals surface area contributed by atoms with Gasteiger partial charge in [-0.25, -0.2) is 0 Å². The van der Waals surface area contributed by atoms with Crippen LogP contribution in [0.5, 0.6) is 0 Å². The number of hydrogen-bond acceptors (Lipinski definition) is 4. The number of nitrogens with zero attached hydrogens (tertiary/aromatic N) is 1. The van der Waals surface area contributed by atoms with E-state index in [4.69, 9.17) is 10.9 Å². The molecule has 0 spiro atoms. The molecule has 5 nitrogen and oxygen atoms in total. The van der Waals surface area contributed by atoms with Crippen molar-refractivity contribution >= 4 is 23.5 Å². The standard InChI is InChI=1S/C9H17N3O2S/c1-6(8(10)12-14)4-11-9(13)7-2-3-15-5-7/h6-7,14H,2-5H2,1H3,(H2,10,12)(H,11,13). The van der Waals surface area contributed by atoms with Gasteiger partial charge in [-0.05, 0) is 12.2 Å². The van der Waals surface area contributed by atoms with Crippen molar-refractivity contribution in [2.75, 3.05) is 18.1 Å². The van der Waals surface area contributed by atoms with E-state index in [-0.39, 0.29) is 23.6 Å². The van der Waals surface area contributed by atoms with Gasteiger partial charge in [-0.3, -0.25) is 4.79 Å². The van der Waals surface area contributed by atoms with Gasteiger partial charge in [0, 0.05) is 24.1 Å². The van der Waals surface area contributed by atoms with Crippen LogP contribution in [0.15, 0.2) is 5.16 Å². The predicted octanol–water partition coefficient (Wildman–Crippen LogP) is 0.238. The molecule has 0 saturated carbocycles. The second kappa shape index (κ2) is 5.85. The second-order valence-electron chi connectivity index (χ2n) is 3.73. The number of carbonyl (C=O) groups excluding carboxylic acids is 1. The third-order valence-corrected chi connectivity index (χ3v) is 3.67. The lowest BCUT2D eigenvalue weighted by Gasteiger charge is -2.13. The molecule has 86 valence electrons. The molecule has 2 unspecified atom stereocenters. The van der Waals surface area contributed by atoms with Crippen LogP contribution in [-0.4, -0.2) is 35.0 Å². The summed E-state index contributed by atoms with van der Waals surface area (Å²) in [6, 6.07) is 0. The van der Waals surface area contributed by atoms with Gasteiger partial charge in [-0.2, -0.15) is 11.8 Å². The van der Waals surface area contributed by atoms with Crippen molar-refractivity contribution in [1.29, 1.82) is 0 Å². The van der Waals surface area contributed by atoms with Crippen molar-refractivity contribution in [1.82, 2.24) is 5.32 Å². The first-order chi connectivity index (χ1) is 7.15. The Labute approximate surface area is 93.5 Å². The van der Waals surface area contributed by atoms with Gasteiger partial charge < -0.3 is 16.3 Å². The van der Waals surface area contributed by atoms with Crippen molar-refractivity contribution in [2.45, 2.75) is 13.3 Å². The van der Waals surface area contributed by atoms with Crippen molar-refractivity contribution in [3.05, 3.63) is 0 Å². The Bertz CT molecular complexity index is 252. The Morgan fingerprint density at radius 1 is 1.80 bits per heavy atom. The summed E-state index contributed by atoms with van der Waals surface area (Å²) < 4.78 is 0. The maximum absolute atomic E-state index is 11.6. The fraction of sp³-hybridized carbons (Fsp3) is 0.778. The summed E-state index contributed by atoms with van der Waals surface area (Å²) in [7, 11) is 0. The highest BCUT2D eigenvalue weighted by Gasteiger charge is 2.23. The van der Waals surface area contributed by atoms with E-state index in [1.807, 2.05) is 0 Å². The lowest BCUT2D eigenvalue weighted by atomic mass is 10.1. The fourth-order valence-corrected chi connectivity index (χ4v) is 2.56. The van der Waals surface area contributed by atoms with Crippen LogP contribution in [-0.2, 0) is 4.79 Å². The number of rotatable bonds is 4. The Morgan fingerprint density at radius 2 is 2.53 bits per heavy atom. The maximum atomic E-state index is 11.6. The van der Waals surface area contributed by atoms with Gasteiger partial charge in [-0.15, -0.1) is 0 Å². The lowest BCUT2D eigenvalue weighted by molar-refractivity contribution is -0.124. The van der Waals surface area contributed by atoms with Gasteiger partial charge in [0.05, 0.1) is 0 Å². The number of oxime groups is 1. The zero-order chi connectivity index (χ0) is 11.3. The molecule has 1 heterocycles. The first-order valence-corrected chi connectivity index (χ1v) is 6.13. The molecule has 4 N–H and O–H groups in total. The Hall–Kier alpha value is -0.910. The molecule has 1 aliphatic rings. The highest BCUT2D eigenvalue weighted by molar-refractivity contribution is 7.99. The van der Waals surface area contributed by atoms with Crippen LogP contribution in [0.2, 0.25) is 0 Å². The molecule has 1 aliphatic heterocycles. The number of nitrogens with two attached hydrogens (primary N) is 1. The molecular weight excluding hydrogens is 214 g/mol. The molecule has 6 heteroatoms. The van der Waals surface area contributed by atoms with E-state index in [9.17, 15) is 4.79 Å². The van der Waals surface area contributed by atoms with Crippen molar-refractivity contribution in [3.63, 3.8) is 0 Å². The number of amides is 1. The van der Waals surface area contributed by atoms with Crippen LogP contribution in [0.3, 0.4) is 0 Å². The maximum Gasteiger partial charge on any atom is 0.223 e. The van der Waals surface area contributed by atoms with Gasteiger partial charge in [-0.1, -0.05) is 12.1 Å². The number of hydrogen-bond donors (Lipinski definition) is 3. The second-order valence-corrected chi connectivity index (χ2v) is 4.88. The molecule has 0 aromatic rings. The molecule has 1 amide bonds. The third-order valence-electron chi connectivity index (χ3n) is 2.50. The van der Waals surface area contributed by atoms with E-state index in [0.29, 0.717) is 6.54 Å². The first kappa shape index (κ1) is 12.2. The topological polar surface area (TPSA) is 87.7 Å². The van der Waals surface area contributed by atoms with E-state index < -0.39 is 0 Å². The minimum absolute atomic E-state index is 0.0811. The van der Waals surface area contributed by atoms with Crippen LogP contribution in [0.1, 0.15) is 13.3 Å². The van der Waals surface area contributed by atoms with Crippen LogP contribution in [0, 0.1) is 11.8 Å². The van der Waals surface area contributed by atoms with Gasteiger partial charge in [0.2, 0.25) is 5.91 Å². The normalized spacial score (nSPS) is 23.8. The monoisotopic (exact) mass is 231 g/mol. The van der Waals surface area contributed by atoms with Crippen LogP contribution in [0.4, 0.5) is 0 Å². The van der Waals surface area contributed by atoms with Crippen molar-refractivity contribution in [3.8, 4) is 0 Å². The first-order valence-electron chi connectivity index (χ1n) is 4.98. The van der Waals surface area contributed by atoms with E-state index in [0.717, 1.165) is 17.9 Å². The van der Waals surface area contributed by atoms with Crippen molar-refractivity contribution < 1.29 is 10.0 Å². The van der Waals surface area contributed by atoms with E-state index in [1.165, 1.54) is 0 Å². The predicted molar refractivity (Wildman–Crippen MR) is 61.0 cm³/mol. The molecule has 0 bridgehead atoms. The summed E-state index contributed by atoms with van der Waals surface area (Å²) in [6.45, 7) is 2.23. The summed E-state index contributed by atoms with van der Waals surface area (Å²) in [5.74, 6) is 2.20. The number of nitrogens with one attached hydrogen (secondary N) is 1. The summed E-state index contributed by atoms with van der Waals surface area (Å²) in [4.78, 5) is 11.6. The molecule has 0 aromatic heterocycles. The molecule has 15 heavy (non-hydrogen) atoms. The molecule has 1 rings (SSSR count). The van der Waals surface area contributed by atoms with Crippen LogP contribution >= 0.6 is 11.8 Å². The Kier molecular flexibility index (Phi) is 4.74. The van der Waals surface area contributed by atoms with Gasteiger partial charge in [0.1, 0.15) is 5.84 Å². The zero-order valence-electron chi connectivity index (χ0n) is 8.77. The fourth-order valence-electron chi connectivity index (χ4n) is 1.34. The highest BCUT2D eigenvalue weighted by Crippen LogP contribution is 2.23. The third kappa shape index (κ3) is 3.62. The summed E-state index contributed by atoms with van der Waals surface area (Å²) in [5.41, 5.74) is 5.40. The van der Waals surface area contributed by atoms with Gasteiger partial charge in [0.25, 0.3) is 0 Å². The molecule has 1 fully saturated rings. The molecule has 0 radical (unpaired) electrons. The van der Waals surface area contributed by atoms with Gasteiger partial charge in [0.15, 0.2) is 0 Å². The molecule has 2 atom stereocenters. The summed E-state index contributed by atoms with van der Waals surface area (Å²) >= 11 is 1.81. The van der Waals surface area contributed by atoms with Crippen LogP contribution < -0.4 is 11.1 Å². The quantitative estimate of drug-likeness (QED) is 0.280. The largest absolute Gasteiger partial charge is 0.409 e. The molecular formula is C9H17N3O2S. The summed E-state index contributed by atoms with van der Waals surface area (Å²) in [5, 5.41) is 14.1. The number of carbonyl (C=O) groups is 1. The zero-order valence-corrected chi connectivity index (χ0v) is 9.59. The number of thioether (sulfide) groups is 1. The highest BCUT2D eigenvalue weighted by atomic mass is 32.2. The lowest BCUT2D eigenvalue weighted by Crippen LogP contribution is -2.37. The Morgan fingerprint density at radius 3 is 3.07 bits per heavy atom. The minimum atomic E-state index is -0.131. The minimum Gasteiger partial charge on any atom is -0.409 e. The molecule has 0 aromatic carbocycles.